The molecule has 0 radical (unpaired) electrons. The second-order valence-corrected chi connectivity index (χ2v) is 4.03. The van der Waals surface area contributed by atoms with Gasteiger partial charge in [-0.25, -0.2) is 4.98 Å². The minimum Gasteiger partial charge on any atom is -0.351 e. The first kappa shape index (κ1) is 12.7. The standard InChI is InChI=1S/C11H12BrN3O/c12-10-6-4-5-9(15-10)11(16)14-8-3-1-2-7-13/h4-6H,1-3,8H2,(H,14,16). The van der Waals surface area contributed by atoms with E-state index in [1.54, 1.807) is 18.2 Å². The number of halogens is 1. The summed E-state index contributed by atoms with van der Waals surface area (Å²) in [6.45, 7) is 0.578. The maximum absolute atomic E-state index is 11.6. The normalized spacial score (nSPS) is 9.50. The first-order valence-corrected chi connectivity index (χ1v) is 5.81. The van der Waals surface area contributed by atoms with E-state index in [4.69, 9.17) is 5.26 Å². The number of aromatic nitrogens is 1. The number of unbranched alkanes of at least 4 members (excludes halogenated alkanes) is 2. The van der Waals surface area contributed by atoms with E-state index in [1.807, 2.05) is 0 Å². The average Bonchev–Trinajstić information content (AvgIpc) is 2.28. The zero-order valence-corrected chi connectivity index (χ0v) is 10.3. The average molecular weight is 282 g/mol. The van der Waals surface area contributed by atoms with Gasteiger partial charge in [-0.1, -0.05) is 6.07 Å². The molecule has 0 unspecified atom stereocenters. The van der Waals surface area contributed by atoms with Gasteiger partial charge in [0.2, 0.25) is 0 Å². The van der Waals surface area contributed by atoms with Crippen molar-refractivity contribution in [3.05, 3.63) is 28.5 Å². The molecule has 1 aromatic rings. The Bertz CT molecular complexity index is 400. The van der Waals surface area contributed by atoms with Gasteiger partial charge in [-0.3, -0.25) is 4.79 Å². The van der Waals surface area contributed by atoms with Gasteiger partial charge in [0.15, 0.2) is 0 Å². The molecule has 0 aliphatic carbocycles. The maximum Gasteiger partial charge on any atom is 0.269 e. The van der Waals surface area contributed by atoms with E-state index in [0.29, 0.717) is 23.3 Å². The van der Waals surface area contributed by atoms with E-state index in [2.05, 4.69) is 32.3 Å². The van der Waals surface area contributed by atoms with Gasteiger partial charge in [0.25, 0.3) is 5.91 Å². The molecule has 0 aliphatic rings. The van der Waals surface area contributed by atoms with Gasteiger partial charge >= 0.3 is 0 Å². The van der Waals surface area contributed by atoms with Crippen LogP contribution in [0.4, 0.5) is 0 Å². The van der Waals surface area contributed by atoms with Crippen molar-refractivity contribution in [2.75, 3.05) is 6.54 Å². The Morgan fingerprint density at radius 1 is 1.50 bits per heavy atom. The fraction of sp³-hybridized carbons (Fsp3) is 0.364. The zero-order chi connectivity index (χ0) is 11.8. The number of rotatable bonds is 5. The molecule has 0 atom stereocenters. The van der Waals surface area contributed by atoms with E-state index < -0.39 is 0 Å². The van der Waals surface area contributed by atoms with E-state index in [0.717, 1.165) is 12.8 Å². The van der Waals surface area contributed by atoms with Crippen LogP contribution in [0.15, 0.2) is 22.8 Å². The summed E-state index contributed by atoms with van der Waals surface area (Å²) in [7, 11) is 0. The summed E-state index contributed by atoms with van der Waals surface area (Å²) < 4.78 is 0.643. The molecule has 0 bridgehead atoms. The first-order chi connectivity index (χ1) is 7.74. The second kappa shape index (κ2) is 6.96. The second-order valence-electron chi connectivity index (χ2n) is 3.22. The molecule has 84 valence electrons. The fourth-order valence-electron chi connectivity index (χ4n) is 1.16. The van der Waals surface area contributed by atoms with Crippen molar-refractivity contribution >= 4 is 21.8 Å². The number of hydrogen-bond acceptors (Lipinski definition) is 3. The van der Waals surface area contributed by atoms with Crippen LogP contribution in [-0.4, -0.2) is 17.4 Å². The van der Waals surface area contributed by atoms with Crippen LogP contribution >= 0.6 is 15.9 Å². The number of nitrogens with zero attached hydrogens (tertiary/aromatic N) is 2. The third-order valence-corrected chi connectivity index (χ3v) is 2.39. The van der Waals surface area contributed by atoms with Crippen LogP contribution in [0.5, 0.6) is 0 Å². The van der Waals surface area contributed by atoms with E-state index in [9.17, 15) is 4.79 Å². The lowest BCUT2D eigenvalue weighted by atomic mass is 10.2. The largest absolute Gasteiger partial charge is 0.351 e. The summed E-state index contributed by atoms with van der Waals surface area (Å²) >= 11 is 3.21. The minimum absolute atomic E-state index is 0.182. The molecule has 4 nitrogen and oxygen atoms in total. The summed E-state index contributed by atoms with van der Waals surface area (Å²) in [5.41, 5.74) is 0.398. The smallest absolute Gasteiger partial charge is 0.269 e. The summed E-state index contributed by atoms with van der Waals surface area (Å²) in [5, 5.41) is 11.1. The van der Waals surface area contributed by atoms with Gasteiger partial charge in [0.1, 0.15) is 10.3 Å². The summed E-state index contributed by atoms with van der Waals surface area (Å²) in [4.78, 5) is 15.6. The van der Waals surface area contributed by atoms with E-state index in [-0.39, 0.29) is 5.91 Å². The van der Waals surface area contributed by atoms with Crippen LogP contribution in [0.1, 0.15) is 29.8 Å². The lowest BCUT2D eigenvalue weighted by Crippen LogP contribution is -2.25. The van der Waals surface area contributed by atoms with Crippen molar-refractivity contribution in [2.45, 2.75) is 19.3 Å². The van der Waals surface area contributed by atoms with Crippen LogP contribution < -0.4 is 5.32 Å². The van der Waals surface area contributed by atoms with Crippen LogP contribution in [0, 0.1) is 11.3 Å². The topological polar surface area (TPSA) is 65.8 Å². The summed E-state index contributed by atoms with van der Waals surface area (Å²) in [6, 6.07) is 7.26. The Balaban J connectivity index is 2.33. The molecule has 0 fully saturated rings. The van der Waals surface area contributed by atoms with Crippen LogP contribution in [0.25, 0.3) is 0 Å². The molecule has 1 heterocycles. The molecule has 1 N–H and O–H groups in total. The SMILES string of the molecule is N#CCCCCNC(=O)c1cccc(Br)n1. The van der Waals surface area contributed by atoms with Gasteiger partial charge in [0.05, 0.1) is 6.07 Å². The number of amides is 1. The lowest BCUT2D eigenvalue weighted by Gasteiger charge is -2.03. The quantitative estimate of drug-likeness (QED) is 0.665. The van der Waals surface area contributed by atoms with Crippen molar-refractivity contribution < 1.29 is 4.79 Å². The highest BCUT2D eigenvalue weighted by atomic mass is 79.9. The predicted octanol–water partition coefficient (Wildman–Crippen LogP) is 2.27. The van der Waals surface area contributed by atoms with Crippen LogP contribution in [0.3, 0.4) is 0 Å². The third kappa shape index (κ3) is 4.41. The number of carbonyl (C=O) groups is 1. The van der Waals surface area contributed by atoms with Crippen molar-refractivity contribution in [1.82, 2.24) is 10.3 Å². The number of nitriles is 1. The summed E-state index contributed by atoms with van der Waals surface area (Å²) in [6.07, 6.45) is 2.15. The van der Waals surface area contributed by atoms with E-state index in [1.165, 1.54) is 0 Å². The third-order valence-electron chi connectivity index (χ3n) is 1.95. The Kier molecular flexibility index (Phi) is 5.51. The van der Waals surface area contributed by atoms with Crippen molar-refractivity contribution in [3.8, 4) is 6.07 Å². The van der Waals surface area contributed by atoms with Crippen molar-refractivity contribution in [3.63, 3.8) is 0 Å². The number of carbonyl (C=O) groups excluding carboxylic acids is 1. The van der Waals surface area contributed by atoms with Gasteiger partial charge in [0, 0.05) is 13.0 Å². The maximum atomic E-state index is 11.6. The molecular formula is C11H12BrN3O. The fourth-order valence-corrected chi connectivity index (χ4v) is 1.50. The molecule has 1 aromatic heterocycles. The van der Waals surface area contributed by atoms with Crippen molar-refractivity contribution in [2.24, 2.45) is 0 Å². The summed E-state index contributed by atoms with van der Waals surface area (Å²) in [5.74, 6) is -0.182. The molecule has 0 spiro atoms. The van der Waals surface area contributed by atoms with Gasteiger partial charge in [-0.15, -0.1) is 0 Å². The van der Waals surface area contributed by atoms with Crippen molar-refractivity contribution in [1.29, 1.82) is 5.26 Å². The number of pyridine rings is 1. The molecule has 0 saturated carbocycles. The van der Waals surface area contributed by atoms with Gasteiger partial charge in [-0.2, -0.15) is 5.26 Å². The molecule has 0 aliphatic heterocycles. The number of nitrogens with one attached hydrogen (secondary N) is 1. The Hall–Kier alpha value is -1.41. The lowest BCUT2D eigenvalue weighted by molar-refractivity contribution is 0.0948. The highest BCUT2D eigenvalue weighted by Gasteiger charge is 2.05. The minimum atomic E-state index is -0.182. The monoisotopic (exact) mass is 281 g/mol. The molecule has 16 heavy (non-hydrogen) atoms. The molecule has 1 amide bonds. The Labute approximate surface area is 103 Å². The molecular weight excluding hydrogens is 270 g/mol. The highest BCUT2D eigenvalue weighted by Crippen LogP contribution is 2.06. The van der Waals surface area contributed by atoms with Gasteiger partial charge in [-0.05, 0) is 40.9 Å². The number of hydrogen-bond donors (Lipinski definition) is 1. The molecule has 1 rings (SSSR count). The molecule has 5 heteroatoms. The van der Waals surface area contributed by atoms with Crippen LogP contribution in [0.2, 0.25) is 0 Å². The van der Waals surface area contributed by atoms with Crippen LogP contribution in [-0.2, 0) is 0 Å². The predicted molar refractivity (Wildman–Crippen MR) is 63.7 cm³/mol. The Morgan fingerprint density at radius 2 is 2.31 bits per heavy atom. The highest BCUT2D eigenvalue weighted by molar-refractivity contribution is 9.10. The molecule has 0 aromatic carbocycles. The van der Waals surface area contributed by atoms with E-state index >= 15 is 0 Å². The molecule has 0 saturated heterocycles. The van der Waals surface area contributed by atoms with Gasteiger partial charge < -0.3 is 5.32 Å². The Morgan fingerprint density at radius 3 is 3.00 bits per heavy atom. The zero-order valence-electron chi connectivity index (χ0n) is 8.74. The first-order valence-electron chi connectivity index (χ1n) is 5.02.